The zero-order valence-electron chi connectivity index (χ0n) is 22.3. The molecule has 11 nitrogen and oxygen atoms in total. The molecule has 3 atom stereocenters. The number of esters is 1. The van der Waals surface area contributed by atoms with Crippen LogP contribution in [0.3, 0.4) is 0 Å². The first-order chi connectivity index (χ1) is 18.6. The molecule has 2 heterocycles. The van der Waals surface area contributed by atoms with Crippen molar-refractivity contribution in [2.24, 2.45) is 11.7 Å². The van der Waals surface area contributed by atoms with E-state index in [1.54, 1.807) is 30.3 Å². The van der Waals surface area contributed by atoms with Gasteiger partial charge in [-0.1, -0.05) is 37.3 Å². The lowest BCUT2D eigenvalue weighted by Crippen LogP contribution is -2.61. The summed E-state index contributed by atoms with van der Waals surface area (Å²) in [6.07, 6.45) is 3.89. The minimum atomic E-state index is -3.73. The van der Waals surface area contributed by atoms with Crippen molar-refractivity contribution in [1.29, 1.82) is 0 Å². The minimum Gasteiger partial charge on any atom is -0.460 e. The van der Waals surface area contributed by atoms with Crippen molar-refractivity contribution >= 4 is 33.6 Å². The van der Waals surface area contributed by atoms with Gasteiger partial charge in [-0.2, -0.15) is 4.31 Å². The van der Waals surface area contributed by atoms with Gasteiger partial charge in [0.05, 0.1) is 18.9 Å². The Hall–Kier alpha value is -2.83. The number of nitrogens with two attached hydrogens (primary N) is 1. The largest absolute Gasteiger partial charge is 0.460 e. The number of fused-ring (bicyclic) bond motifs is 1. The molecule has 2 saturated heterocycles. The third kappa shape index (κ3) is 6.85. The summed E-state index contributed by atoms with van der Waals surface area (Å²) in [5.74, 6) is -3.20. The Balaban J connectivity index is 1.44. The van der Waals surface area contributed by atoms with E-state index in [-0.39, 0.29) is 37.4 Å². The van der Waals surface area contributed by atoms with Crippen molar-refractivity contribution in [3.05, 3.63) is 35.9 Å². The van der Waals surface area contributed by atoms with E-state index in [2.05, 4.69) is 5.32 Å². The smallest absolute Gasteiger partial charge is 0.376 e. The second-order valence-electron chi connectivity index (χ2n) is 10.7. The van der Waals surface area contributed by atoms with Crippen molar-refractivity contribution in [2.45, 2.75) is 81.8 Å². The number of amides is 2. The molecule has 4 rings (SSSR count). The molecule has 1 saturated carbocycles. The molecule has 1 aromatic rings. The number of nitrogens with one attached hydrogen (secondary N) is 1. The van der Waals surface area contributed by atoms with Gasteiger partial charge in [0.25, 0.3) is 5.78 Å². The SMILES string of the molecule is CCCOC(=O)C(=O)C(NC(=O)C1CCC2CN(S(=O)(=O)Cc3ccccc3)CC(=O)N21)C1CCC(N)CC1. The van der Waals surface area contributed by atoms with Crippen molar-refractivity contribution in [3.8, 4) is 0 Å². The Morgan fingerprint density at radius 3 is 2.44 bits per heavy atom. The molecule has 3 unspecified atom stereocenters. The summed E-state index contributed by atoms with van der Waals surface area (Å²) in [6, 6.07) is 6.45. The zero-order chi connectivity index (χ0) is 28.2. The van der Waals surface area contributed by atoms with E-state index in [1.165, 1.54) is 9.21 Å². The summed E-state index contributed by atoms with van der Waals surface area (Å²) in [4.78, 5) is 53.6. The maximum Gasteiger partial charge on any atom is 0.376 e. The van der Waals surface area contributed by atoms with E-state index >= 15 is 0 Å². The quantitative estimate of drug-likeness (QED) is 0.312. The summed E-state index contributed by atoms with van der Waals surface area (Å²) in [5, 5.41) is 2.77. The number of Topliss-reactive ketones (excluding diaryl/α,β-unsaturated/α-hetero) is 1. The second-order valence-corrected chi connectivity index (χ2v) is 12.7. The molecule has 2 amide bonds. The van der Waals surface area contributed by atoms with Crippen LogP contribution in [-0.4, -0.2) is 85.1 Å². The average Bonchev–Trinajstić information content (AvgIpc) is 3.36. The number of benzene rings is 1. The number of rotatable bonds is 10. The van der Waals surface area contributed by atoms with Crippen LogP contribution in [0.25, 0.3) is 0 Å². The van der Waals surface area contributed by atoms with Crippen LogP contribution < -0.4 is 11.1 Å². The normalized spacial score (nSPS) is 26.5. The number of ether oxygens (including phenoxy) is 1. The minimum absolute atomic E-state index is 0.0161. The third-order valence-corrected chi connectivity index (χ3v) is 9.67. The van der Waals surface area contributed by atoms with Crippen LogP contribution in [0.4, 0.5) is 0 Å². The molecule has 214 valence electrons. The first kappa shape index (κ1) is 29.2. The van der Waals surface area contributed by atoms with Crippen molar-refractivity contribution < 1.29 is 32.3 Å². The molecule has 0 bridgehead atoms. The van der Waals surface area contributed by atoms with Gasteiger partial charge in [0.2, 0.25) is 21.8 Å². The van der Waals surface area contributed by atoms with Gasteiger partial charge in [0.15, 0.2) is 0 Å². The van der Waals surface area contributed by atoms with Crippen LogP contribution in [0.1, 0.15) is 57.4 Å². The predicted octanol–water partition coefficient (Wildman–Crippen LogP) is 0.716. The summed E-state index contributed by atoms with van der Waals surface area (Å²) >= 11 is 0. The van der Waals surface area contributed by atoms with Gasteiger partial charge in [-0.25, -0.2) is 13.2 Å². The van der Waals surface area contributed by atoms with E-state index in [0.717, 1.165) is 0 Å². The monoisotopic (exact) mass is 562 g/mol. The lowest BCUT2D eigenvalue weighted by molar-refractivity contribution is -0.156. The number of piperazine rings is 1. The maximum absolute atomic E-state index is 13.5. The lowest BCUT2D eigenvalue weighted by atomic mass is 9.80. The Morgan fingerprint density at radius 1 is 1.08 bits per heavy atom. The fourth-order valence-corrected chi connectivity index (χ4v) is 7.34. The van der Waals surface area contributed by atoms with E-state index < -0.39 is 51.7 Å². The number of ketones is 1. The Bertz CT molecular complexity index is 1170. The van der Waals surface area contributed by atoms with Gasteiger partial charge in [-0.15, -0.1) is 0 Å². The fraction of sp³-hybridized carbons (Fsp3) is 0.630. The molecule has 2 aliphatic heterocycles. The summed E-state index contributed by atoms with van der Waals surface area (Å²) in [5.41, 5.74) is 6.65. The molecule has 12 heteroatoms. The van der Waals surface area contributed by atoms with Crippen LogP contribution in [0.2, 0.25) is 0 Å². The van der Waals surface area contributed by atoms with Crippen LogP contribution in [0, 0.1) is 5.92 Å². The van der Waals surface area contributed by atoms with Gasteiger partial charge >= 0.3 is 5.97 Å². The second kappa shape index (κ2) is 12.6. The number of carbonyl (C=O) groups excluding carboxylic acids is 4. The highest BCUT2D eigenvalue weighted by molar-refractivity contribution is 7.88. The van der Waals surface area contributed by atoms with Crippen molar-refractivity contribution in [1.82, 2.24) is 14.5 Å². The molecule has 0 spiro atoms. The lowest BCUT2D eigenvalue weighted by Gasteiger charge is -2.39. The Kier molecular flexibility index (Phi) is 9.39. The van der Waals surface area contributed by atoms with E-state index in [1.807, 2.05) is 6.92 Å². The maximum atomic E-state index is 13.5. The first-order valence-electron chi connectivity index (χ1n) is 13.7. The highest BCUT2D eigenvalue weighted by Gasteiger charge is 2.48. The molecule has 0 radical (unpaired) electrons. The van der Waals surface area contributed by atoms with Gasteiger partial charge < -0.3 is 20.7 Å². The molecule has 3 fully saturated rings. The van der Waals surface area contributed by atoms with Crippen LogP contribution in [0.15, 0.2) is 30.3 Å². The van der Waals surface area contributed by atoms with Crippen LogP contribution in [0.5, 0.6) is 0 Å². The summed E-state index contributed by atoms with van der Waals surface area (Å²) in [7, 11) is -3.73. The number of hydrogen-bond donors (Lipinski definition) is 2. The highest BCUT2D eigenvalue weighted by atomic mass is 32.2. The van der Waals surface area contributed by atoms with E-state index in [9.17, 15) is 27.6 Å². The van der Waals surface area contributed by atoms with Gasteiger partial charge in [0, 0.05) is 18.6 Å². The van der Waals surface area contributed by atoms with Crippen LogP contribution in [-0.2, 0) is 39.7 Å². The highest BCUT2D eigenvalue weighted by Crippen LogP contribution is 2.31. The van der Waals surface area contributed by atoms with Crippen molar-refractivity contribution in [3.63, 3.8) is 0 Å². The molecule has 0 aromatic heterocycles. The summed E-state index contributed by atoms with van der Waals surface area (Å²) in [6.45, 7) is 1.69. The third-order valence-electron chi connectivity index (χ3n) is 7.91. The molecule has 1 aromatic carbocycles. The topological polar surface area (TPSA) is 156 Å². The molecule has 1 aliphatic carbocycles. The average molecular weight is 563 g/mol. The van der Waals surface area contributed by atoms with Gasteiger partial charge in [-0.3, -0.25) is 14.4 Å². The molecular weight excluding hydrogens is 524 g/mol. The van der Waals surface area contributed by atoms with Gasteiger partial charge in [0.1, 0.15) is 12.1 Å². The van der Waals surface area contributed by atoms with Crippen molar-refractivity contribution in [2.75, 3.05) is 19.7 Å². The van der Waals surface area contributed by atoms with E-state index in [4.69, 9.17) is 10.5 Å². The number of sulfonamides is 1. The van der Waals surface area contributed by atoms with Gasteiger partial charge in [-0.05, 0) is 56.4 Å². The Labute approximate surface area is 229 Å². The zero-order valence-corrected chi connectivity index (χ0v) is 23.1. The molecular formula is C27H38N4O7S. The first-order valence-corrected chi connectivity index (χ1v) is 15.3. The molecule has 39 heavy (non-hydrogen) atoms. The summed E-state index contributed by atoms with van der Waals surface area (Å²) < 4.78 is 32.3. The number of nitrogens with zero attached hydrogens (tertiary/aromatic N) is 2. The van der Waals surface area contributed by atoms with Crippen LogP contribution >= 0.6 is 0 Å². The fourth-order valence-electron chi connectivity index (χ4n) is 5.84. The van der Waals surface area contributed by atoms with E-state index in [0.29, 0.717) is 50.5 Å². The predicted molar refractivity (Wildman–Crippen MR) is 142 cm³/mol. The number of hydrogen-bond acceptors (Lipinski definition) is 8. The molecule has 3 aliphatic rings. The molecule has 3 N–H and O–H groups in total. The standard InChI is InChI=1S/C27H38N4O7S/c1-2-14-38-27(35)25(33)24(19-8-10-20(28)11-9-19)29-26(34)22-13-12-21-15-30(16-23(32)31(21)22)39(36,37)17-18-6-4-3-5-7-18/h3-7,19-22,24H,2,8-17,28H2,1H3,(H,29,34). The Morgan fingerprint density at radius 2 is 1.77 bits per heavy atom. The number of carbonyl (C=O) groups is 4.